The third-order valence-electron chi connectivity index (χ3n) is 2.49. The molecule has 3 N–H and O–H groups in total. The van der Waals surface area contributed by atoms with E-state index in [1.807, 2.05) is 6.07 Å². The Morgan fingerprint density at radius 1 is 1.30 bits per heavy atom. The molecule has 0 atom stereocenters. The Hall–Kier alpha value is 0.0400. The number of hydrogen-bond donors (Lipinski definition) is 2. The molecule has 2 aromatic heterocycles. The number of nitrogens with two attached hydrogens (primary N) is 1. The van der Waals surface area contributed by atoms with Gasteiger partial charge >= 0.3 is 0 Å². The molecule has 0 spiro atoms. The molecule has 9 heteroatoms. The summed E-state index contributed by atoms with van der Waals surface area (Å²) in [6, 6.07) is 5.30. The SMILES string of the molecule is NCc1cc(S(=O)(=O)NCCc2ccc(Cl)s2)c(Br)s1. The number of rotatable bonds is 6. The number of hydrogen-bond acceptors (Lipinski definition) is 5. The second-order valence-corrected chi connectivity index (χ2v) is 9.90. The zero-order chi connectivity index (χ0) is 14.8. The summed E-state index contributed by atoms with van der Waals surface area (Å²) < 4.78 is 28.2. The van der Waals surface area contributed by atoms with Crippen LogP contribution in [0.4, 0.5) is 0 Å². The predicted octanol–water partition coefficient (Wildman–Crippen LogP) is 3.21. The Morgan fingerprint density at radius 2 is 2.05 bits per heavy atom. The predicted molar refractivity (Wildman–Crippen MR) is 88.1 cm³/mol. The molecule has 4 nitrogen and oxygen atoms in total. The van der Waals surface area contributed by atoms with Gasteiger partial charge in [-0.2, -0.15) is 0 Å². The molecule has 2 heterocycles. The number of sulfonamides is 1. The fraction of sp³-hybridized carbons (Fsp3) is 0.273. The van der Waals surface area contributed by atoms with E-state index in [-0.39, 0.29) is 4.90 Å². The summed E-state index contributed by atoms with van der Waals surface area (Å²) >= 11 is 11.9. The molecule has 110 valence electrons. The first-order valence-electron chi connectivity index (χ1n) is 5.64. The smallest absolute Gasteiger partial charge is 0.242 e. The first-order chi connectivity index (χ1) is 9.42. The molecule has 0 saturated carbocycles. The van der Waals surface area contributed by atoms with Crippen LogP contribution in [-0.2, 0) is 23.0 Å². The van der Waals surface area contributed by atoms with E-state index in [0.29, 0.717) is 27.6 Å². The molecule has 0 saturated heterocycles. The van der Waals surface area contributed by atoms with Gasteiger partial charge < -0.3 is 5.73 Å². The van der Waals surface area contributed by atoms with E-state index in [1.165, 1.54) is 22.7 Å². The number of halogens is 2. The van der Waals surface area contributed by atoms with Crippen molar-refractivity contribution in [3.8, 4) is 0 Å². The second kappa shape index (κ2) is 6.87. The van der Waals surface area contributed by atoms with Crippen LogP contribution in [0.25, 0.3) is 0 Å². The first kappa shape index (κ1) is 16.4. The quantitative estimate of drug-likeness (QED) is 0.761. The maximum absolute atomic E-state index is 12.2. The van der Waals surface area contributed by atoms with Crippen molar-refractivity contribution in [1.82, 2.24) is 4.72 Å². The van der Waals surface area contributed by atoms with Crippen LogP contribution in [0.1, 0.15) is 9.75 Å². The second-order valence-electron chi connectivity index (χ2n) is 3.91. The standard InChI is InChI=1S/C11H12BrClN2O2S3/c12-11-9(5-8(6-14)19-11)20(16,17)15-4-3-7-1-2-10(13)18-7/h1-2,5,15H,3-4,6,14H2. The van der Waals surface area contributed by atoms with Crippen LogP contribution < -0.4 is 10.5 Å². The van der Waals surface area contributed by atoms with Crippen molar-refractivity contribution >= 4 is 60.2 Å². The molecule has 0 aliphatic heterocycles. The highest BCUT2D eigenvalue weighted by molar-refractivity contribution is 9.11. The molecule has 0 fully saturated rings. The van der Waals surface area contributed by atoms with Crippen molar-refractivity contribution in [2.45, 2.75) is 17.9 Å². The van der Waals surface area contributed by atoms with E-state index in [2.05, 4.69) is 20.7 Å². The largest absolute Gasteiger partial charge is 0.326 e. The number of nitrogens with one attached hydrogen (secondary N) is 1. The van der Waals surface area contributed by atoms with Gasteiger partial charge in [0.05, 0.1) is 8.12 Å². The fourth-order valence-corrected chi connectivity index (χ4v) is 6.23. The molecule has 0 amide bonds. The minimum atomic E-state index is -3.51. The highest BCUT2D eigenvalue weighted by atomic mass is 79.9. The van der Waals surface area contributed by atoms with Crippen LogP contribution in [0.15, 0.2) is 26.9 Å². The average molecular weight is 416 g/mol. The Morgan fingerprint density at radius 3 is 2.60 bits per heavy atom. The highest BCUT2D eigenvalue weighted by Gasteiger charge is 2.20. The van der Waals surface area contributed by atoms with Gasteiger partial charge in [-0.25, -0.2) is 13.1 Å². The van der Waals surface area contributed by atoms with Gasteiger partial charge in [-0.1, -0.05) is 11.6 Å². The van der Waals surface area contributed by atoms with E-state index < -0.39 is 10.0 Å². The zero-order valence-electron chi connectivity index (χ0n) is 10.2. The topological polar surface area (TPSA) is 72.2 Å². The number of thiophene rings is 2. The van der Waals surface area contributed by atoms with Gasteiger partial charge in [0.15, 0.2) is 0 Å². The van der Waals surface area contributed by atoms with Crippen molar-refractivity contribution in [3.05, 3.63) is 36.1 Å². The summed E-state index contributed by atoms with van der Waals surface area (Å²) in [6.45, 7) is 0.659. The summed E-state index contributed by atoms with van der Waals surface area (Å²) in [5, 5.41) is 0. The lowest BCUT2D eigenvalue weighted by Gasteiger charge is -2.04. The van der Waals surface area contributed by atoms with Crippen LogP contribution in [0, 0.1) is 0 Å². The molecule has 0 aliphatic rings. The minimum absolute atomic E-state index is 0.243. The van der Waals surface area contributed by atoms with Gasteiger partial charge in [0.25, 0.3) is 0 Å². The fourth-order valence-electron chi connectivity index (χ4n) is 1.55. The minimum Gasteiger partial charge on any atom is -0.326 e. The van der Waals surface area contributed by atoms with E-state index in [1.54, 1.807) is 12.1 Å². The van der Waals surface area contributed by atoms with Crippen molar-refractivity contribution < 1.29 is 8.42 Å². The van der Waals surface area contributed by atoms with E-state index in [0.717, 1.165) is 9.75 Å². The van der Waals surface area contributed by atoms with Crippen LogP contribution >= 0.6 is 50.2 Å². The normalized spacial score (nSPS) is 11.9. The summed E-state index contributed by atoms with van der Waals surface area (Å²) in [6.07, 6.45) is 0.613. The van der Waals surface area contributed by atoms with E-state index in [4.69, 9.17) is 17.3 Å². The Balaban J connectivity index is 2.01. The average Bonchev–Trinajstić information content (AvgIpc) is 2.95. The van der Waals surface area contributed by atoms with Crippen LogP contribution in [0.5, 0.6) is 0 Å². The summed E-state index contributed by atoms with van der Waals surface area (Å²) in [5.41, 5.74) is 5.52. The van der Waals surface area contributed by atoms with Crippen molar-refractivity contribution in [2.24, 2.45) is 5.73 Å². The van der Waals surface area contributed by atoms with Crippen molar-refractivity contribution in [3.63, 3.8) is 0 Å². The van der Waals surface area contributed by atoms with E-state index in [9.17, 15) is 8.42 Å². The summed E-state index contributed by atoms with van der Waals surface area (Å²) in [4.78, 5) is 2.11. The lowest BCUT2D eigenvalue weighted by molar-refractivity contribution is 0.582. The van der Waals surface area contributed by atoms with Crippen LogP contribution in [0.2, 0.25) is 4.34 Å². The van der Waals surface area contributed by atoms with Gasteiger partial charge in [0.1, 0.15) is 4.90 Å². The van der Waals surface area contributed by atoms with Gasteiger partial charge in [-0.15, -0.1) is 22.7 Å². The Labute approximate surface area is 139 Å². The zero-order valence-corrected chi connectivity index (χ0v) is 15.0. The molecule has 0 aromatic carbocycles. The third-order valence-corrected chi connectivity index (χ3v) is 7.52. The van der Waals surface area contributed by atoms with Crippen LogP contribution in [0.3, 0.4) is 0 Å². The van der Waals surface area contributed by atoms with Gasteiger partial charge in [-0.05, 0) is 40.5 Å². The first-order valence-corrected chi connectivity index (χ1v) is 9.93. The molecular formula is C11H12BrClN2O2S3. The summed E-state index contributed by atoms with van der Waals surface area (Å²) in [5.74, 6) is 0. The molecule has 0 bridgehead atoms. The van der Waals surface area contributed by atoms with Crippen molar-refractivity contribution in [2.75, 3.05) is 6.54 Å². The molecule has 2 aromatic rings. The lowest BCUT2D eigenvalue weighted by atomic mass is 10.3. The van der Waals surface area contributed by atoms with Gasteiger partial charge in [0.2, 0.25) is 10.0 Å². The van der Waals surface area contributed by atoms with Gasteiger partial charge in [-0.3, -0.25) is 0 Å². The van der Waals surface area contributed by atoms with E-state index >= 15 is 0 Å². The Kier molecular flexibility index (Phi) is 5.63. The van der Waals surface area contributed by atoms with Crippen molar-refractivity contribution in [1.29, 1.82) is 0 Å². The van der Waals surface area contributed by atoms with Crippen LogP contribution in [-0.4, -0.2) is 15.0 Å². The molecule has 0 aliphatic carbocycles. The maximum atomic E-state index is 12.2. The highest BCUT2D eigenvalue weighted by Crippen LogP contribution is 2.31. The lowest BCUT2D eigenvalue weighted by Crippen LogP contribution is -2.25. The molecular weight excluding hydrogens is 404 g/mol. The molecule has 20 heavy (non-hydrogen) atoms. The molecule has 0 unspecified atom stereocenters. The van der Waals surface area contributed by atoms with Gasteiger partial charge in [0, 0.05) is 22.8 Å². The summed E-state index contributed by atoms with van der Waals surface area (Å²) in [7, 11) is -3.51. The monoisotopic (exact) mass is 414 g/mol. The molecule has 2 rings (SSSR count). The Bertz CT molecular complexity index is 696. The third kappa shape index (κ3) is 4.03. The molecule has 0 radical (unpaired) electrons. The maximum Gasteiger partial charge on any atom is 0.242 e.